The largest absolute Gasteiger partial charge is 0.417 e. The van der Waals surface area contributed by atoms with Gasteiger partial charge in [-0.15, -0.1) is 0 Å². The van der Waals surface area contributed by atoms with Gasteiger partial charge in [-0.3, -0.25) is 14.7 Å². The summed E-state index contributed by atoms with van der Waals surface area (Å²) in [5.74, 6) is -0.0456. The van der Waals surface area contributed by atoms with Crippen LogP contribution in [0.5, 0.6) is 0 Å². The Morgan fingerprint density at radius 1 is 1.05 bits per heavy atom. The molecule has 1 saturated carbocycles. The molecule has 234 valence electrons. The van der Waals surface area contributed by atoms with Crippen molar-refractivity contribution in [1.29, 1.82) is 0 Å². The Balaban J connectivity index is 0.00000116. The van der Waals surface area contributed by atoms with Crippen molar-refractivity contribution in [3.05, 3.63) is 65.0 Å². The van der Waals surface area contributed by atoms with E-state index >= 15 is 0 Å². The van der Waals surface area contributed by atoms with Gasteiger partial charge in [0.15, 0.2) is 0 Å². The number of benzene rings is 1. The van der Waals surface area contributed by atoms with Gasteiger partial charge in [0, 0.05) is 69.2 Å². The van der Waals surface area contributed by atoms with E-state index in [1.54, 1.807) is 4.90 Å². The van der Waals surface area contributed by atoms with Crippen LogP contribution in [0.3, 0.4) is 0 Å². The van der Waals surface area contributed by atoms with Crippen LogP contribution >= 0.6 is 0 Å². The van der Waals surface area contributed by atoms with Gasteiger partial charge >= 0.3 is 6.18 Å². The Labute approximate surface area is 249 Å². The van der Waals surface area contributed by atoms with Gasteiger partial charge in [-0.25, -0.2) is 0 Å². The highest BCUT2D eigenvalue weighted by atomic mass is 19.4. The van der Waals surface area contributed by atoms with Crippen LogP contribution in [0.4, 0.5) is 13.2 Å². The van der Waals surface area contributed by atoms with Crippen molar-refractivity contribution >= 4 is 5.91 Å². The van der Waals surface area contributed by atoms with Crippen LogP contribution in [0.2, 0.25) is 0 Å². The molecule has 0 spiro atoms. The minimum Gasteiger partial charge on any atom is -0.381 e. The number of halogens is 3. The van der Waals surface area contributed by atoms with Gasteiger partial charge in [0.1, 0.15) is 0 Å². The van der Waals surface area contributed by atoms with E-state index < -0.39 is 11.7 Å². The Bertz CT molecular complexity index is 1080. The van der Waals surface area contributed by atoms with Crippen molar-refractivity contribution in [2.45, 2.75) is 97.6 Å². The molecule has 2 fully saturated rings. The fourth-order valence-corrected chi connectivity index (χ4v) is 6.13. The zero-order valence-corrected chi connectivity index (χ0v) is 25.7. The third-order valence-electron chi connectivity index (χ3n) is 8.17. The van der Waals surface area contributed by atoms with E-state index in [0.717, 1.165) is 69.7 Å². The van der Waals surface area contributed by atoms with Gasteiger partial charge in [-0.05, 0) is 49.3 Å². The number of carbonyl (C=O) groups excluding carboxylic acids is 1. The smallest absolute Gasteiger partial charge is 0.381 e. The molecule has 9 heteroatoms. The summed E-state index contributed by atoms with van der Waals surface area (Å²) in [6.45, 7) is 12.2. The van der Waals surface area contributed by atoms with Crippen LogP contribution in [0.15, 0.2) is 42.6 Å². The number of pyridine rings is 1. The second kappa shape index (κ2) is 17.0. The SMILES string of the molecule is CC.CC.O=C(C1CC[C@@H](N(CCOCc2ccccc2)C2CCOCC2)C1)N1CCc2ncc(C(F)(F)F)cc2C1. The normalized spacial score (nSPS) is 20.7. The lowest BCUT2D eigenvalue weighted by atomic mass is 9.99. The summed E-state index contributed by atoms with van der Waals surface area (Å²) in [4.78, 5) is 21.8. The van der Waals surface area contributed by atoms with Crippen molar-refractivity contribution in [1.82, 2.24) is 14.8 Å². The third-order valence-corrected chi connectivity index (χ3v) is 8.17. The summed E-state index contributed by atoms with van der Waals surface area (Å²) in [5.41, 5.74) is 1.56. The zero-order chi connectivity index (χ0) is 30.5. The van der Waals surface area contributed by atoms with Crippen LogP contribution in [-0.4, -0.2) is 65.7 Å². The summed E-state index contributed by atoms with van der Waals surface area (Å²) < 4.78 is 51.2. The second-order valence-electron chi connectivity index (χ2n) is 10.6. The van der Waals surface area contributed by atoms with E-state index in [1.165, 1.54) is 0 Å². The summed E-state index contributed by atoms with van der Waals surface area (Å²) in [7, 11) is 0. The number of nitrogens with zero attached hydrogens (tertiary/aromatic N) is 3. The first-order valence-corrected chi connectivity index (χ1v) is 15.7. The first-order valence-electron chi connectivity index (χ1n) is 15.7. The molecule has 2 atom stereocenters. The lowest BCUT2D eigenvalue weighted by Crippen LogP contribution is -2.47. The molecule has 6 nitrogen and oxygen atoms in total. The van der Waals surface area contributed by atoms with Gasteiger partial charge in [-0.1, -0.05) is 58.0 Å². The fraction of sp³-hybridized carbons (Fsp3) is 0.636. The quantitative estimate of drug-likeness (QED) is 0.313. The van der Waals surface area contributed by atoms with Crippen molar-refractivity contribution in [3.8, 4) is 0 Å². The van der Waals surface area contributed by atoms with E-state index in [4.69, 9.17) is 9.47 Å². The zero-order valence-electron chi connectivity index (χ0n) is 25.7. The van der Waals surface area contributed by atoms with Gasteiger partial charge in [-0.2, -0.15) is 13.2 Å². The molecule has 5 rings (SSSR count). The molecule has 2 aliphatic heterocycles. The second-order valence-corrected chi connectivity index (χ2v) is 10.6. The lowest BCUT2D eigenvalue weighted by molar-refractivity contribution is -0.138. The first kappa shape index (κ1) is 34.0. The lowest BCUT2D eigenvalue weighted by Gasteiger charge is -2.38. The predicted octanol–water partition coefficient (Wildman–Crippen LogP) is 6.90. The average molecular weight is 592 g/mol. The van der Waals surface area contributed by atoms with E-state index in [1.807, 2.05) is 45.9 Å². The summed E-state index contributed by atoms with van der Waals surface area (Å²) in [6, 6.07) is 12.0. The van der Waals surface area contributed by atoms with E-state index in [-0.39, 0.29) is 18.4 Å². The molecule has 0 bridgehead atoms. The highest BCUT2D eigenvalue weighted by Gasteiger charge is 2.39. The Morgan fingerprint density at radius 3 is 2.45 bits per heavy atom. The van der Waals surface area contributed by atoms with E-state index in [2.05, 4.69) is 22.0 Å². The molecule has 1 aromatic carbocycles. The summed E-state index contributed by atoms with van der Waals surface area (Å²) in [6.07, 6.45) is 1.42. The molecule has 42 heavy (non-hydrogen) atoms. The molecular formula is C33H48F3N3O3. The Morgan fingerprint density at radius 2 is 1.76 bits per heavy atom. The molecule has 1 aromatic heterocycles. The number of rotatable bonds is 8. The monoisotopic (exact) mass is 591 g/mol. The minimum absolute atomic E-state index is 0.0582. The molecule has 1 amide bonds. The van der Waals surface area contributed by atoms with E-state index in [0.29, 0.717) is 49.5 Å². The maximum atomic E-state index is 13.5. The molecule has 1 aliphatic carbocycles. The van der Waals surface area contributed by atoms with E-state index in [9.17, 15) is 18.0 Å². The first-order chi connectivity index (χ1) is 20.4. The maximum Gasteiger partial charge on any atom is 0.417 e. The third kappa shape index (κ3) is 9.25. The van der Waals surface area contributed by atoms with Crippen molar-refractivity contribution in [2.24, 2.45) is 5.92 Å². The fourth-order valence-electron chi connectivity index (χ4n) is 6.13. The minimum atomic E-state index is -4.44. The van der Waals surface area contributed by atoms with Crippen LogP contribution in [-0.2, 0) is 40.0 Å². The molecule has 3 aliphatic rings. The number of carbonyl (C=O) groups is 1. The number of hydrogen-bond acceptors (Lipinski definition) is 5. The predicted molar refractivity (Wildman–Crippen MR) is 159 cm³/mol. The standard InChI is InChI=1S/C29H36F3N3O3.2C2H6/c30-29(31,32)24-16-23-19-34(11-8-27(23)33-18-24)28(36)22-6-7-26(17-22)35(25-9-13-37-14-10-25)12-15-38-20-21-4-2-1-3-5-21;2*1-2/h1-5,16,18,22,25-26H,6-15,17,19-20H2;2*1-2H3/t22?,26-;;/m1../s1. The van der Waals surface area contributed by atoms with Crippen LogP contribution in [0.25, 0.3) is 0 Å². The molecular weight excluding hydrogens is 543 g/mol. The van der Waals surface area contributed by atoms with Crippen LogP contribution < -0.4 is 0 Å². The molecule has 0 radical (unpaired) electrons. The number of alkyl halides is 3. The van der Waals surface area contributed by atoms with Gasteiger partial charge in [0.25, 0.3) is 0 Å². The maximum absolute atomic E-state index is 13.5. The average Bonchev–Trinajstić information content (AvgIpc) is 3.52. The number of aromatic nitrogens is 1. The summed E-state index contributed by atoms with van der Waals surface area (Å²) in [5, 5.41) is 0. The van der Waals surface area contributed by atoms with Crippen molar-refractivity contribution in [3.63, 3.8) is 0 Å². The summed E-state index contributed by atoms with van der Waals surface area (Å²) >= 11 is 0. The van der Waals surface area contributed by atoms with Crippen molar-refractivity contribution < 1.29 is 27.4 Å². The van der Waals surface area contributed by atoms with Crippen LogP contribution in [0, 0.1) is 5.92 Å². The number of amides is 1. The van der Waals surface area contributed by atoms with Crippen LogP contribution in [0.1, 0.15) is 82.2 Å². The van der Waals surface area contributed by atoms with Gasteiger partial charge in [0.2, 0.25) is 5.91 Å². The molecule has 1 unspecified atom stereocenters. The number of hydrogen-bond donors (Lipinski definition) is 0. The highest BCUT2D eigenvalue weighted by Crippen LogP contribution is 2.35. The Kier molecular flexibility index (Phi) is 13.7. The van der Waals surface area contributed by atoms with Crippen molar-refractivity contribution in [2.75, 3.05) is 32.9 Å². The molecule has 1 saturated heterocycles. The highest BCUT2D eigenvalue weighted by molar-refractivity contribution is 5.79. The van der Waals surface area contributed by atoms with Gasteiger partial charge in [0.05, 0.1) is 18.8 Å². The number of ether oxygens (including phenoxy) is 2. The molecule has 0 N–H and O–H groups in total. The van der Waals surface area contributed by atoms with Gasteiger partial charge < -0.3 is 14.4 Å². The Hall–Kier alpha value is -2.49. The molecule has 2 aromatic rings. The number of fused-ring (bicyclic) bond motifs is 1. The molecule has 3 heterocycles. The topological polar surface area (TPSA) is 54.9 Å².